The van der Waals surface area contributed by atoms with Crippen molar-refractivity contribution in [3.8, 4) is 0 Å². The topological polar surface area (TPSA) is 70.5 Å². The van der Waals surface area contributed by atoms with Gasteiger partial charge in [-0.1, -0.05) is 36.8 Å². The van der Waals surface area contributed by atoms with Crippen molar-refractivity contribution in [2.24, 2.45) is 5.92 Å². The molecule has 5 heteroatoms. The van der Waals surface area contributed by atoms with E-state index in [4.69, 9.17) is 5.11 Å². The molecule has 3 rings (SSSR count). The second kappa shape index (κ2) is 7.47. The van der Waals surface area contributed by atoms with Gasteiger partial charge in [-0.2, -0.15) is 0 Å². The van der Waals surface area contributed by atoms with E-state index in [1.807, 2.05) is 42.2 Å². The van der Waals surface area contributed by atoms with Gasteiger partial charge < -0.3 is 10.0 Å². The predicted molar refractivity (Wildman–Crippen MR) is 94.4 cm³/mol. The number of amides is 1. The molecule has 130 valence electrons. The first-order chi connectivity index (χ1) is 12.1. The lowest BCUT2D eigenvalue weighted by atomic mass is 9.84. The molecule has 0 aliphatic heterocycles. The highest BCUT2D eigenvalue weighted by atomic mass is 16.4. The molecule has 1 amide bonds. The molecule has 0 spiro atoms. The van der Waals surface area contributed by atoms with Crippen molar-refractivity contribution >= 4 is 11.9 Å². The molecule has 1 aliphatic rings. The number of pyridine rings is 1. The third-order valence-electron chi connectivity index (χ3n) is 4.92. The van der Waals surface area contributed by atoms with Crippen LogP contribution < -0.4 is 0 Å². The lowest BCUT2D eigenvalue weighted by Gasteiger charge is -2.36. The minimum Gasteiger partial charge on any atom is -0.478 e. The summed E-state index contributed by atoms with van der Waals surface area (Å²) >= 11 is 0. The van der Waals surface area contributed by atoms with Crippen LogP contribution in [0.1, 0.15) is 58.6 Å². The van der Waals surface area contributed by atoms with Crippen molar-refractivity contribution in [2.75, 3.05) is 6.54 Å². The molecule has 2 aromatic rings. The van der Waals surface area contributed by atoms with Crippen molar-refractivity contribution in [2.45, 2.75) is 32.2 Å². The van der Waals surface area contributed by atoms with Crippen LogP contribution in [0.3, 0.4) is 0 Å². The van der Waals surface area contributed by atoms with Crippen LogP contribution in [0, 0.1) is 5.92 Å². The minimum atomic E-state index is -1.06. The summed E-state index contributed by atoms with van der Waals surface area (Å²) in [6.07, 6.45) is 4.85. The first-order valence-corrected chi connectivity index (χ1v) is 8.61. The molecule has 1 saturated carbocycles. The fourth-order valence-corrected chi connectivity index (χ4v) is 3.11. The highest BCUT2D eigenvalue weighted by molar-refractivity contribution is 5.96. The molecule has 1 fully saturated rings. The van der Waals surface area contributed by atoms with E-state index in [0.29, 0.717) is 12.5 Å². The molecule has 0 saturated heterocycles. The smallest absolute Gasteiger partial charge is 0.335 e. The van der Waals surface area contributed by atoms with Crippen molar-refractivity contribution < 1.29 is 14.7 Å². The Kier molecular flexibility index (Phi) is 5.12. The average molecular weight is 338 g/mol. The summed E-state index contributed by atoms with van der Waals surface area (Å²) in [6.45, 7) is 2.68. The summed E-state index contributed by atoms with van der Waals surface area (Å²) in [5.41, 5.74) is 1.32. The number of hydrogen-bond donors (Lipinski definition) is 1. The molecule has 25 heavy (non-hydrogen) atoms. The Balaban J connectivity index is 1.89. The monoisotopic (exact) mass is 338 g/mol. The van der Waals surface area contributed by atoms with Gasteiger partial charge in [0.25, 0.3) is 5.91 Å². The van der Waals surface area contributed by atoms with Gasteiger partial charge in [0.2, 0.25) is 0 Å². The number of rotatable bonds is 6. The van der Waals surface area contributed by atoms with E-state index in [9.17, 15) is 9.59 Å². The number of carboxylic acids is 1. The second-order valence-electron chi connectivity index (χ2n) is 6.58. The molecule has 1 aliphatic carbocycles. The molecule has 1 unspecified atom stereocenters. The van der Waals surface area contributed by atoms with Crippen molar-refractivity contribution in [3.05, 3.63) is 65.5 Å². The average Bonchev–Trinajstić information content (AvgIpc) is 2.61. The van der Waals surface area contributed by atoms with Crippen molar-refractivity contribution in [1.29, 1.82) is 0 Å². The molecule has 0 radical (unpaired) electrons. The van der Waals surface area contributed by atoms with Crippen LogP contribution in [-0.2, 0) is 0 Å². The fourth-order valence-electron chi connectivity index (χ4n) is 3.11. The SMILES string of the molecule is CC(c1ccccc1)N(CC1CCC1)C(=O)c1cc(C(=O)O)ccn1. The molecule has 1 aromatic heterocycles. The van der Waals surface area contributed by atoms with Crippen LogP contribution in [0.4, 0.5) is 0 Å². The highest BCUT2D eigenvalue weighted by Gasteiger charge is 2.29. The van der Waals surface area contributed by atoms with Crippen LogP contribution in [0.5, 0.6) is 0 Å². The summed E-state index contributed by atoms with van der Waals surface area (Å²) in [4.78, 5) is 30.2. The molecular weight excluding hydrogens is 316 g/mol. The zero-order valence-electron chi connectivity index (χ0n) is 14.3. The number of aromatic carboxylic acids is 1. The largest absolute Gasteiger partial charge is 0.478 e. The minimum absolute atomic E-state index is 0.0781. The quantitative estimate of drug-likeness (QED) is 0.870. The van der Waals surface area contributed by atoms with Gasteiger partial charge in [-0.3, -0.25) is 9.78 Å². The summed E-state index contributed by atoms with van der Waals surface area (Å²) in [7, 11) is 0. The van der Waals surface area contributed by atoms with Gasteiger partial charge in [-0.05, 0) is 43.4 Å². The lowest BCUT2D eigenvalue weighted by molar-refractivity contribution is 0.0607. The Morgan fingerprint density at radius 3 is 2.56 bits per heavy atom. The molecule has 1 heterocycles. The van der Waals surface area contributed by atoms with E-state index in [-0.39, 0.29) is 23.2 Å². The van der Waals surface area contributed by atoms with E-state index in [2.05, 4.69) is 4.98 Å². The van der Waals surface area contributed by atoms with E-state index in [0.717, 1.165) is 18.4 Å². The first kappa shape index (κ1) is 17.1. The van der Waals surface area contributed by atoms with E-state index < -0.39 is 5.97 Å². The number of hydrogen-bond acceptors (Lipinski definition) is 3. The Labute approximate surface area is 147 Å². The van der Waals surface area contributed by atoms with E-state index in [1.165, 1.54) is 24.8 Å². The summed E-state index contributed by atoms with van der Waals surface area (Å²) in [6, 6.07) is 12.5. The molecule has 5 nitrogen and oxygen atoms in total. The van der Waals surface area contributed by atoms with Crippen molar-refractivity contribution in [1.82, 2.24) is 9.88 Å². The molecule has 1 aromatic carbocycles. The van der Waals surface area contributed by atoms with Gasteiger partial charge in [0.15, 0.2) is 0 Å². The summed E-state index contributed by atoms with van der Waals surface area (Å²) < 4.78 is 0. The maximum atomic E-state index is 13.1. The van der Waals surface area contributed by atoms with Crippen LogP contribution in [-0.4, -0.2) is 33.4 Å². The molecule has 1 atom stereocenters. The summed E-state index contributed by atoms with van der Waals surface area (Å²) in [5.74, 6) is -0.762. The van der Waals surface area contributed by atoms with Gasteiger partial charge in [0.05, 0.1) is 11.6 Å². The maximum Gasteiger partial charge on any atom is 0.335 e. The van der Waals surface area contributed by atoms with Crippen LogP contribution in [0.25, 0.3) is 0 Å². The maximum absolute atomic E-state index is 13.1. The van der Waals surface area contributed by atoms with Gasteiger partial charge in [0, 0.05) is 12.7 Å². The Morgan fingerprint density at radius 1 is 1.24 bits per heavy atom. The predicted octanol–water partition coefficient (Wildman–Crippen LogP) is 3.78. The number of benzene rings is 1. The molecular formula is C20H22N2O3. The normalized spacial score (nSPS) is 15.2. The number of aromatic nitrogens is 1. The standard InChI is InChI=1S/C20H22N2O3/c1-14(16-8-3-2-4-9-16)22(13-15-6-5-7-15)19(23)18-12-17(20(24)25)10-11-21-18/h2-4,8-12,14-15H,5-7,13H2,1H3,(H,24,25). The Bertz CT molecular complexity index is 757. The van der Waals surface area contributed by atoms with E-state index >= 15 is 0 Å². The van der Waals surface area contributed by atoms with Gasteiger partial charge in [0.1, 0.15) is 5.69 Å². The summed E-state index contributed by atoms with van der Waals surface area (Å²) in [5, 5.41) is 9.16. The zero-order valence-corrected chi connectivity index (χ0v) is 14.3. The fraction of sp³-hybridized carbons (Fsp3) is 0.350. The van der Waals surface area contributed by atoms with Gasteiger partial charge >= 0.3 is 5.97 Å². The lowest BCUT2D eigenvalue weighted by Crippen LogP contribution is -2.39. The van der Waals surface area contributed by atoms with E-state index in [1.54, 1.807) is 0 Å². The number of nitrogens with zero attached hydrogens (tertiary/aromatic N) is 2. The number of carbonyl (C=O) groups excluding carboxylic acids is 1. The Morgan fingerprint density at radius 2 is 1.96 bits per heavy atom. The van der Waals surface area contributed by atoms with Crippen LogP contribution in [0.2, 0.25) is 0 Å². The third-order valence-corrected chi connectivity index (χ3v) is 4.92. The first-order valence-electron chi connectivity index (χ1n) is 8.61. The van der Waals surface area contributed by atoms with Crippen LogP contribution in [0.15, 0.2) is 48.7 Å². The highest BCUT2D eigenvalue weighted by Crippen LogP contribution is 2.31. The van der Waals surface area contributed by atoms with Gasteiger partial charge in [-0.25, -0.2) is 4.79 Å². The molecule has 1 N–H and O–H groups in total. The number of carbonyl (C=O) groups is 2. The second-order valence-corrected chi connectivity index (χ2v) is 6.58. The Hall–Kier alpha value is -2.69. The van der Waals surface area contributed by atoms with Gasteiger partial charge in [-0.15, -0.1) is 0 Å². The van der Waals surface area contributed by atoms with Crippen LogP contribution >= 0.6 is 0 Å². The number of carboxylic acid groups (broad SMARTS) is 1. The zero-order chi connectivity index (χ0) is 17.8. The van der Waals surface area contributed by atoms with Crippen molar-refractivity contribution in [3.63, 3.8) is 0 Å². The molecule has 0 bridgehead atoms. The third kappa shape index (κ3) is 3.87.